The van der Waals surface area contributed by atoms with E-state index in [1.165, 1.54) is 19.3 Å². The number of rotatable bonds is 6. The average molecular weight is 358 g/mol. The van der Waals surface area contributed by atoms with Crippen LogP contribution in [0.2, 0.25) is 0 Å². The first-order valence-corrected chi connectivity index (χ1v) is 8.61. The zero-order valence-electron chi connectivity index (χ0n) is 12.5. The summed E-state index contributed by atoms with van der Waals surface area (Å²) in [5.74, 6) is 0.306. The van der Waals surface area contributed by atoms with Crippen LogP contribution in [0.5, 0.6) is 0 Å². The van der Waals surface area contributed by atoms with E-state index in [-0.39, 0.29) is 18.6 Å². The maximum absolute atomic E-state index is 12.4. The van der Waals surface area contributed by atoms with Crippen LogP contribution in [0, 0.1) is 5.92 Å². The van der Waals surface area contributed by atoms with Crippen molar-refractivity contribution >= 4 is 21.8 Å². The monoisotopic (exact) mass is 357 g/mol. The van der Waals surface area contributed by atoms with Crippen LogP contribution >= 0.6 is 15.9 Å². The highest BCUT2D eigenvalue weighted by atomic mass is 79.9. The zero-order valence-corrected chi connectivity index (χ0v) is 14.1. The quantitative estimate of drug-likeness (QED) is 0.732. The first-order valence-electron chi connectivity index (χ1n) is 7.81. The summed E-state index contributed by atoms with van der Waals surface area (Å²) in [7, 11) is 0. The molecule has 1 saturated carbocycles. The number of halogens is 1. The van der Waals surface area contributed by atoms with Crippen LogP contribution < -0.4 is 5.32 Å². The number of aromatic amines is 1. The van der Waals surface area contributed by atoms with Crippen LogP contribution in [0.3, 0.4) is 0 Å². The standard InChI is InChI=1S/C15H24BrN3O2/c1-2-11-13(16)14(19-18-11)15(21)17-12(8-9-20)10-6-4-3-5-7-10/h10,12,20H,2-9H2,1H3,(H,17,21)(H,18,19)/t12-/m0/s1. The minimum atomic E-state index is -0.165. The summed E-state index contributed by atoms with van der Waals surface area (Å²) in [6.07, 6.45) is 7.38. The third kappa shape index (κ3) is 4.07. The highest BCUT2D eigenvalue weighted by Gasteiger charge is 2.26. The molecule has 1 aromatic rings. The topological polar surface area (TPSA) is 78.0 Å². The van der Waals surface area contributed by atoms with Gasteiger partial charge in [0, 0.05) is 18.3 Å². The SMILES string of the molecule is CCc1[nH]nc(C(=O)N[C@@H](CCO)C2CCCCC2)c1Br. The minimum absolute atomic E-state index is 0.0384. The number of hydrogen-bond donors (Lipinski definition) is 3. The molecule has 0 spiro atoms. The predicted molar refractivity (Wildman–Crippen MR) is 85.2 cm³/mol. The van der Waals surface area contributed by atoms with Gasteiger partial charge in [-0.25, -0.2) is 0 Å². The van der Waals surface area contributed by atoms with Gasteiger partial charge in [-0.05, 0) is 47.5 Å². The van der Waals surface area contributed by atoms with Crippen molar-refractivity contribution in [2.45, 2.75) is 57.9 Å². The number of H-pyrrole nitrogens is 1. The van der Waals surface area contributed by atoms with Crippen LogP contribution in [0.4, 0.5) is 0 Å². The van der Waals surface area contributed by atoms with E-state index in [4.69, 9.17) is 0 Å². The number of carbonyl (C=O) groups excluding carboxylic acids is 1. The summed E-state index contributed by atoms with van der Waals surface area (Å²) in [6.45, 7) is 2.11. The van der Waals surface area contributed by atoms with Crippen molar-refractivity contribution in [3.63, 3.8) is 0 Å². The molecule has 118 valence electrons. The second-order valence-electron chi connectivity index (χ2n) is 5.71. The Morgan fingerprint density at radius 2 is 2.19 bits per heavy atom. The first kappa shape index (κ1) is 16.5. The average Bonchev–Trinajstić information content (AvgIpc) is 2.88. The van der Waals surface area contributed by atoms with Crippen LogP contribution in [-0.4, -0.2) is 33.9 Å². The molecule has 1 aliphatic rings. The Morgan fingerprint density at radius 1 is 1.48 bits per heavy atom. The molecule has 0 saturated heterocycles. The van der Waals surface area contributed by atoms with E-state index in [2.05, 4.69) is 31.4 Å². The lowest BCUT2D eigenvalue weighted by atomic mass is 9.82. The van der Waals surface area contributed by atoms with Gasteiger partial charge in [-0.3, -0.25) is 9.89 Å². The van der Waals surface area contributed by atoms with Gasteiger partial charge in [-0.15, -0.1) is 0 Å². The van der Waals surface area contributed by atoms with Gasteiger partial charge in [0.2, 0.25) is 0 Å². The number of hydrogen-bond acceptors (Lipinski definition) is 3. The summed E-state index contributed by atoms with van der Waals surface area (Å²) < 4.78 is 0.744. The number of aryl methyl sites for hydroxylation is 1. The maximum atomic E-state index is 12.4. The number of aliphatic hydroxyl groups is 1. The predicted octanol–water partition coefficient (Wildman–Crippen LogP) is 2.80. The lowest BCUT2D eigenvalue weighted by Crippen LogP contribution is -2.42. The molecule has 2 rings (SSSR count). The van der Waals surface area contributed by atoms with Crippen LogP contribution in [0.25, 0.3) is 0 Å². The summed E-state index contributed by atoms with van der Waals surface area (Å²) in [4.78, 5) is 12.4. The molecule has 0 aliphatic heterocycles. The molecule has 3 N–H and O–H groups in total. The van der Waals surface area contributed by atoms with E-state index < -0.39 is 0 Å². The van der Waals surface area contributed by atoms with Crippen molar-refractivity contribution in [2.75, 3.05) is 6.61 Å². The van der Waals surface area contributed by atoms with Gasteiger partial charge in [0.25, 0.3) is 5.91 Å². The summed E-state index contributed by atoms with van der Waals surface area (Å²) in [5, 5.41) is 19.3. The van der Waals surface area contributed by atoms with Crippen molar-refractivity contribution in [2.24, 2.45) is 5.92 Å². The van der Waals surface area contributed by atoms with Gasteiger partial charge < -0.3 is 10.4 Å². The Morgan fingerprint density at radius 3 is 2.76 bits per heavy atom. The summed E-state index contributed by atoms with van der Waals surface area (Å²) in [6, 6.07) is 0.0384. The largest absolute Gasteiger partial charge is 0.396 e. The molecular formula is C15H24BrN3O2. The smallest absolute Gasteiger partial charge is 0.273 e. The number of amides is 1. The molecule has 0 bridgehead atoms. The Balaban J connectivity index is 2.04. The summed E-state index contributed by atoms with van der Waals surface area (Å²) >= 11 is 3.43. The third-order valence-electron chi connectivity index (χ3n) is 4.32. The highest BCUT2D eigenvalue weighted by Crippen LogP contribution is 2.28. The van der Waals surface area contributed by atoms with Crippen molar-refractivity contribution in [3.8, 4) is 0 Å². The van der Waals surface area contributed by atoms with E-state index in [0.29, 0.717) is 18.0 Å². The zero-order chi connectivity index (χ0) is 15.2. The molecule has 5 nitrogen and oxygen atoms in total. The number of carbonyl (C=O) groups is 1. The van der Waals surface area contributed by atoms with E-state index in [1.807, 2.05) is 6.92 Å². The molecule has 1 fully saturated rings. The van der Waals surface area contributed by atoms with Gasteiger partial charge in [-0.1, -0.05) is 26.2 Å². The lowest BCUT2D eigenvalue weighted by molar-refractivity contribution is 0.0893. The van der Waals surface area contributed by atoms with E-state index >= 15 is 0 Å². The Hall–Kier alpha value is -0.880. The number of nitrogens with zero attached hydrogens (tertiary/aromatic N) is 1. The maximum Gasteiger partial charge on any atom is 0.273 e. The second-order valence-corrected chi connectivity index (χ2v) is 6.50. The van der Waals surface area contributed by atoms with E-state index in [1.54, 1.807) is 0 Å². The molecule has 21 heavy (non-hydrogen) atoms. The molecule has 1 atom stereocenters. The van der Waals surface area contributed by atoms with Crippen molar-refractivity contribution in [1.29, 1.82) is 0 Å². The Labute approximate surface area is 134 Å². The minimum Gasteiger partial charge on any atom is -0.396 e. The molecule has 0 aromatic carbocycles. The molecule has 1 aromatic heterocycles. The number of aromatic nitrogens is 2. The van der Waals surface area contributed by atoms with Gasteiger partial charge in [0.05, 0.1) is 4.47 Å². The van der Waals surface area contributed by atoms with Gasteiger partial charge >= 0.3 is 0 Å². The van der Waals surface area contributed by atoms with Crippen LogP contribution in [0.1, 0.15) is 61.6 Å². The third-order valence-corrected chi connectivity index (χ3v) is 5.17. The fraction of sp³-hybridized carbons (Fsp3) is 0.733. The normalized spacial score (nSPS) is 17.7. The summed E-state index contributed by atoms with van der Waals surface area (Å²) in [5.41, 5.74) is 1.34. The van der Waals surface area contributed by atoms with Gasteiger partial charge in [0.15, 0.2) is 5.69 Å². The van der Waals surface area contributed by atoms with Crippen LogP contribution in [0.15, 0.2) is 4.47 Å². The Kier molecular flexibility index (Phi) is 6.23. The molecular weight excluding hydrogens is 334 g/mol. The fourth-order valence-corrected chi connectivity index (χ4v) is 3.73. The second kappa shape index (κ2) is 7.94. The molecule has 0 radical (unpaired) electrons. The van der Waals surface area contributed by atoms with Crippen molar-refractivity contribution in [3.05, 3.63) is 15.9 Å². The lowest BCUT2D eigenvalue weighted by Gasteiger charge is -2.30. The highest BCUT2D eigenvalue weighted by molar-refractivity contribution is 9.10. The molecule has 1 aliphatic carbocycles. The number of aliphatic hydroxyl groups excluding tert-OH is 1. The van der Waals surface area contributed by atoms with Crippen molar-refractivity contribution in [1.82, 2.24) is 15.5 Å². The Bertz CT molecular complexity index is 469. The number of nitrogens with one attached hydrogen (secondary N) is 2. The van der Waals surface area contributed by atoms with Crippen LogP contribution in [-0.2, 0) is 6.42 Å². The fourth-order valence-electron chi connectivity index (χ4n) is 3.09. The first-order chi connectivity index (χ1) is 10.2. The van der Waals surface area contributed by atoms with E-state index in [0.717, 1.165) is 29.4 Å². The van der Waals surface area contributed by atoms with E-state index in [9.17, 15) is 9.90 Å². The molecule has 6 heteroatoms. The van der Waals surface area contributed by atoms with Gasteiger partial charge in [-0.2, -0.15) is 5.10 Å². The molecule has 0 unspecified atom stereocenters. The molecule has 1 heterocycles. The van der Waals surface area contributed by atoms with Gasteiger partial charge in [0.1, 0.15) is 0 Å². The molecule has 1 amide bonds. The van der Waals surface area contributed by atoms with Crippen molar-refractivity contribution < 1.29 is 9.90 Å².